The van der Waals surface area contributed by atoms with Crippen molar-refractivity contribution in [2.24, 2.45) is 23.7 Å². The molecule has 2 heterocycles. The summed E-state index contributed by atoms with van der Waals surface area (Å²) in [6.45, 7) is 12.7. The summed E-state index contributed by atoms with van der Waals surface area (Å²) in [5, 5.41) is 20.5. The van der Waals surface area contributed by atoms with Gasteiger partial charge in [-0.05, 0) is 55.9 Å². The van der Waals surface area contributed by atoms with Crippen molar-refractivity contribution in [2.45, 2.75) is 111 Å². The maximum atomic E-state index is 12.5. The van der Waals surface area contributed by atoms with E-state index in [2.05, 4.69) is 45.9 Å². The number of carbonyl (C=O) groups is 1. The Balaban J connectivity index is 2.02. The molecule has 0 aromatic rings. The molecule has 33 heavy (non-hydrogen) atoms. The lowest BCUT2D eigenvalue weighted by Gasteiger charge is -2.28. The predicted molar refractivity (Wildman–Crippen MR) is 132 cm³/mol. The van der Waals surface area contributed by atoms with Crippen LogP contribution in [0.5, 0.6) is 0 Å². The van der Waals surface area contributed by atoms with Crippen LogP contribution < -0.4 is 0 Å². The maximum absolute atomic E-state index is 12.5. The molecule has 188 valence electrons. The maximum Gasteiger partial charge on any atom is 0.367 e. The predicted octanol–water partition coefficient (Wildman–Crippen LogP) is 5.71. The molecule has 0 bridgehead atoms. The highest BCUT2D eigenvalue weighted by atomic mass is 16.6. The number of rotatable bonds is 8. The second-order valence-corrected chi connectivity index (χ2v) is 10.6. The first-order valence-corrected chi connectivity index (χ1v) is 12.9. The van der Waals surface area contributed by atoms with Crippen LogP contribution in [0.2, 0.25) is 0 Å². The summed E-state index contributed by atoms with van der Waals surface area (Å²) in [4.78, 5) is 12.5. The monoisotopic (exact) mass is 462 g/mol. The number of cyclic esters (lactones) is 1. The van der Waals surface area contributed by atoms with Crippen molar-refractivity contribution in [3.05, 3.63) is 36.0 Å². The van der Waals surface area contributed by atoms with Crippen LogP contribution in [0.25, 0.3) is 0 Å². The van der Waals surface area contributed by atoms with Gasteiger partial charge in [-0.1, -0.05) is 77.8 Å². The third-order valence-electron chi connectivity index (χ3n) is 7.02. The third kappa shape index (κ3) is 9.03. The Morgan fingerprint density at radius 1 is 1.30 bits per heavy atom. The summed E-state index contributed by atoms with van der Waals surface area (Å²) in [7, 11) is 0. The number of esters is 1. The van der Waals surface area contributed by atoms with Crippen molar-refractivity contribution < 1.29 is 24.5 Å². The Kier molecular flexibility index (Phi) is 10.8. The molecule has 2 N–H and O–H groups in total. The van der Waals surface area contributed by atoms with Crippen LogP contribution in [0.3, 0.4) is 0 Å². The van der Waals surface area contributed by atoms with Crippen LogP contribution >= 0.6 is 0 Å². The molecule has 0 saturated carbocycles. The van der Waals surface area contributed by atoms with Crippen LogP contribution in [0.4, 0.5) is 0 Å². The third-order valence-corrected chi connectivity index (χ3v) is 7.02. The van der Waals surface area contributed by atoms with Crippen molar-refractivity contribution in [3.8, 4) is 0 Å². The minimum Gasteiger partial charge on any atom is -0.453 e. The Morgan fingerprint density at radius 2 is 2.03 bits per heavy atom. The zero-order chi connectivity index (χ0) is 24.6. The van der Waals surface area contributed by atoms with E-state index >= 15 is 0 Å². The van der Waals surface area contributed by atoms with E-state index in [0.29, 0.717) is 36.4 Å². The second-order valence-electron chi connectivity index (χ2n) is 10.6. The van der Waals surface area contributed by atoms with Crippen LogP contribution in [-0.4, -0.2) is 40.3 Å². The molecule has 0 spiro atoms. The number of ether oxygens (including phenoxy) is 2. The molecular formula is C28H46O5. The van der Waals surface area contributed by atoms with Gasteiger partial charge in [0.15, 0.2) is 0 Å². The molecule has 0 radical (unpaired) electrons. The van der Waals surface area contributed by atoms with Crippen molar-refractivity contribution in [2.75, 3.05) is 0 Å². The number of epoxide rings is 1. The highest BCUT2D eigenvalue weighted by Crippen LogP contribution is 2.36. The Morgan fingerprint density at radius 3 is 2.73 bits per heavy atom. The molecule has 0 aliphatic carbocycles. The van der Waals surface area contributed by atoms with Gasteiger partial charge in [0, 0.05) is 12.3 Å². The van der Waals surface area contributed by atoms with Gasteiger partial charge in [0.05, 0.1) is 12.2 Å². The van der Waals surface area contributed by atoms with Gasteiger partial charge >= 0.3 is 5.97 Å². The highest BCUT2D eigenvalue weighted by Gasteiger charge is 2.42. The van der Waals surface area contributed by atoms with Gasteiger partial charge in [-0.15, -0.1) is 0 Å². The van der Waals surface area contributed by atoms with Gasteiger partial charge in [0.25, 0.3) is 5.79 Å². The first-order valence-electron chi connectivity index (χ1n) is 12.9. The lowest BCUT2D eigenvalue weighted by molar-refractivity contribution is -0.216. The largest absolute Gasteiger partial charge is 0.453 e. The van der Waals surface area contributed by atoms with Gasteiger partial charge in [0.1, 0.15) is 6.10 Å². The van der Waals surface area contributed by atoms with Crippen LogP contribution in [0, 0.1) is 23.7 Å². The van der Waals surface area contributed by atoms with Gasteiger partial charge < -0.3 is 19.7 Å². The molecule has 1 fully saturated rings. The summed E-state index contributed by atoms with van der Waals surface area (Å²) < 4.78 is 11.5. The smallest absolute Gasteiger partial charge is 0.367 e. The molecule has 0 amide bonds. The fourth-order valence-corrected chi connectivity index (χ4v) is 4.77. The SMILES string of the molecule is CCCC(C)C1OC1CC(C)C=CC=C(C)C1OC(=O)C(O)(O)CCCC(C)C/C=C\C1C. The van der Waals surface area contributed by atoms with Gasteiger partial charge in [-0.25, -0.2) is 4.79 Å². The zero-order valence-electron chi connectivity index (χ0n) is 21.5. The summed E-state index contributed by atoms with van der Waals surface area (Å²) >= 11 is 0. The zero-order valence-corrected chi connectivity index (χ0v) is 21.5. The van der Waals surface area contributed by atoms with Crippen molar-refractivity contribution >= 4 is 5.97 Å². The van der Waals surface area contributed by atoms with Crippen LogP contribution in [-0.2, 0) is 14.3 Å². The van der Waals surface area contributed by atoms with E-state index < -0.39 is 17.9 Å². The summed E-state index contributed by atoms with van der Waals surface area (Å²) in [5.74, 6) is -2.04. The van der Waals surface area contributed by atoms with E-state index in [1.165, 1.54) is 12.8 Å². The summed E-state index contributed by atoms with van der Waals surface area (Å²) in [6.07, 6.45) is 16.3. The molecule has 1 saturated heterocycles. The summed E-state index contributed by atoms with van der Waals surface area (Å²) in [6, 6.07) is 0. The molecule has 7 atom stereocenters. The fraction of sp³-hybridized carbons (Fsp3) is 0.750. The van der Waals surface area contributed by atoms with E-state index in [9.17, 15) is 15.0 Å². The minimum absolute atomic E-state index is 0.0116. The molecule has 0 aromatic heterocycles. The van der Waals surface area contributed by atoms with Crippen molar-refractivity contribution in [1.82, 2.24) is 0 Å². The number of hydrogen-bond donors (Lipinski definition) is 2. The first kappa shape index (κ1) is 27.8. The second kappa shape index (κ2) is 12.9. The lowest BCUT2D eigenvalue weighted by atomic mass is 9.93. The molecular weight excluding hydrogens is 416 g/mol. The summed E-state index contributed by atoms with van der Waals surface area (Å²) in [5.41, 5.74) is 0.877. The van der Waals surface area contributed by atoms with Gasteiger partial charge in [-0.2, -0.15) is 0 Å². The van der Waals surface area contributed by atoms with E-state index in [4.69, 9.17) is 9.47 Å². The number of aliphatic hydroxyl groups is 2. The van der Waals surface area contributed by atoms with Crippen LogP contribution in [0.1, 0.15) is 86.5 Å². The molecule has 2 rings (SSSR count). The van der Waals surface area contributed by atoms with E-state index in [1.807, 2.05) is 26.0 Å². The van der Waals surface area contributed by atoms with E-state index in [1.54, 1.807) is 0 Å². The normalized spacial score (nSPS) is 34.1. The van der Waals surface area contributed by atoms with Crippen molar-refractivity contribution in [1.29, 1.82) is 0 Å². The van der Waals surface area contributed by atoms with Crippen LogP contribution in [0.15, 0.2) is 36.0 Å². The Labute approximate surface area is 200 Å². The van der Waals surface area contributed by atoms with E-state index in [0.717, 1.165) is 24.8 Å². The van der Waals surface area contributed by atoms with Gasteiger partial charge in [0.2, 0.25) is 0 Å². The van der Waals surface area contributed by atoms with Gasteiger partial charge in [-0.3, -0.25) is 0 Å². The van der Waals surface area contributed by atoms with Crippen molar-refractivity contribution in [3.63, 3.8) is 0 Å². The van der Waals surface area contributed by atoms with E-state index in [-0.39, 0.29) is 12.3 Å². The molecule has 2 aliphatic rings. The topological polar surface area (TPSA) is 79.3 Å². The number of carbonyl (C=O) groups excluding carboxylic acids is 1. The fourth-order valence-electron chi connectivity index (χ4n) is 4.77. The minimum atomic E-state index is -2.44. The first-order chi connectivity index (χ1) is 15.5. The quantitative estimate of drug-likeness (QED) is 0.159. The molecule has 7 unspecified atom stereocenters. The standard InChI is InChI=1S/C28H46O5/c1-7-11-21(4)26-24(32-26)18-20(3)13-9-16-23(6)25-22(5)15-8-12-19(2)14-10-17-28(30,31)27(29)33-25/h8-9,13,15-16,19-22,24-26,30-31H,7,10-12,14,17-18H2,1-6H3/b13-9?,15-8-,23-16?. The molecule has 5 heteroatoms. The molecule has 2 aliphatic heterocycles. The molecule has 0 aromatic carbocycles. The average molecular weight is 463 g/mol. The Hall–Kier alpha value is -1.43. The lowest BCUT2D eigenvalue weighted by Crippen LogP contribution is -2.43. The molecule has 5 nitrogen and oxygen atoms in total. The Bertz CT molecular complexity index is 707. The highest BCUT2D eigenvalue weighted by molar-refractivity contribution is 5.77. The number of hydrogen-bond acceptors (Lipinski definition) is 5. The average Bonchev–Trinajstić information content (AvgIpc) is 3.50. The number of allylic oxidation sites excluding steroid dienone is 4.